The zero-order valence-electron chi connectivity index (χ0n) is 11.4. The minimum absolute atomic E-state index is 0.108. The Balaban J connectivity index is 1.83. The minimum Gasteiger partial charge on any atom is -0.354 e. The predicted molar refractivity (Wildman–Crippen MR) is 72.3 cm³/mol. The van der Waals surface area contributed by atoms with Crippen LogP contribution in [-0.2, 0) is 4.79 Å². The van der Waals surface area contributed by atoms with Crippen LogP contribution in [0.25, 0.3) is 0 Å². The van der Waals surface area contributed by atoms with Gasteiger partial charge in [-0.1, -0.05) is 6.42 Å². The highest BCUT2D eigenvalue weighted by Gasteiger charge is 2.33. The van der Waals surface area contributed by atoms with Gasteiger partial charge in [0.1, 0.15) is 0 Å². The van der Waals surface area contributed by atoms with Crippen molar-refractivity contribution in [2.75, 3.05) is 39.3 Å². The summed E-state index contributed by atoms with van der Waals surface area (Å²) in [5.74, 6) is 0.108. The van der Waals surface area contributed by atoms with Gasteiger partial charge in [0, 0.05) is 38.3 Å². The standard InChI is InChI=1S/C13H26N4O/c1-11-8-16-7-3-2-4-12(16)9-17(11)10-13(18)15-6-5-14/h11-12H,2-10,14H2,1H3,(H,15,18). The van der Waals surface area contributed by atoms with Crippen LogP contribution in [0.1, 0.15) is 26.2 Å². The Kier molecular flexibility index (Phi) is 4.97. The van der Waals surface area contributed by atoms with Crippen molar-refractivity contribution < 1.29 is 4.79 Å². The first kappa shape index (κ1) is 13.8. The lowest BCUT2D eigenvalue weighted by Crippen LogP contribution is -2.60. The summed E-state index contributed by atoms with van der Waals surface area (Å²) >= 11 is 0. The second-order valence-electron chi connectivity index (χ2n) is 5.56. The van der Waals surface area contributed by atoms with E-state index in [2.05, 4.69) is 22.0 Å². The van der Waals surface area contributed by atoms with Gasteiger partial charge in [-0.05, 0) is 26.3 Å². The molecule has 5 nitrogen and oxygen atoms in total. The van der Waals surface area contributed by atoms with Gasteiger partial charge in [0.15, 0.2) is 0 Å². The lowest BCUT2D eigenvalue weighted by molar-refractivity contribution is -0.124. The molecule has 3 N–H and O–H groups in total. The molecule has 0 aromatic heterocycles. The van der Waals surface area contributed by atoms with E-state index in [1.54, 1.807) is 0 Å². The van der Waals surface area contributed by atoms with Gasteiger partial charge in [-0.25, -0.2) is 0 Å². The van der Waals surface area contributed by atoms with E-state index in [4.69, 9.17) is 5.73 Å². The molecule has 2 unspecified atom stereocenters. The quantitative estimate of drug-likeness (QED) is 0.718. The van der Waals surface area contributed by atoms with Gasteiger partial charge in [0.05, 0.1) is 6.54 Å². The number of nitrogens with two attached hydrogens (primary N) is 1. The Hall–Kier alpha value is -0.650. The molecule has 18 heavy (non-hydrogen) atoms. The number of rotatable bonds is 4. The number of piperidine rings is 1. The van der Waals surface area contributed by atoms with E-state index in [0.29, 0.717) is 31.7 Å². The van der Waals surface area contributed by atoms with Gasteiger partial charge >= 0.3 is 0 Å². The van der Waals surface area contributed by atoms with Crippen LogP contribution in [0.2, 0.25) is 0 Å². The fourth-order valence-corrected chi connectivity index (χ4v) is 3.08. The van der Waals surface area contributed by atoms with Crippen molar-refractivity contribution in [2.24, 2.45) is 5.73 Å². The van der Waals surface area contributed by atoms with Crippen LogP contribution >= 0.6 is 0 Å². The molecule has 0 aromatic carbocycles. The Labute approximate surface area is 110 Å². The van der Waals surface area contributed by atoms with E-state index in [1.807, 2.05) is 0 Å². The molecule has 2 heterocycles. The van der Waals surface area contributed by atoms with E-state index in [-0.39, 0.29) is 5.91 Å². The third kappa shape index (κ3) is 3.43. The van der Waals surface area contributed by atoms with Gasteiger partial charge in [0.2, 0.25) is 5.91 Å². The lowest BCUT2D eigenvalue weighted by Gasteiger charge is -2.47. The number of hydrogen-bond acceptors (Lipinski definition) is 4. The third-order valence-corrected chi connectivity index (χ3v) is 4.13. The van der Waals surface area contributed by atoms with E-state index in [0.717, 1.165) is 13.1 Å². The average Bonchev–Trinajstić information content (AvgIpc) is 2.37. The SMILES string of the molecule is CC1CN2CCCCC2CN1CC(=O)NCCN. The first-order valence-electron chi connectivity index (χ1n) is 7.15. The fraction of sp³-hybridized carbons (Fsp3) is 0.923. The molecule has 0 saturated carbocycles. The molecule has 0 radical (unpaired) electrons. The molecule has 0 aromatic rings. The molecule has 0 spiro atoms. The number of piperazine rings is 1. The maximum absolute atomic E-state index is 11.8. The van der Waals surface area contributed by atoms with Gasteiger partial charge in [-0.2, -0.15) is 0 Å². The first-order valence-corrected chi connectivity index (χ1v) is 7.15. The van der Waals surface area contributed by atoms with E-state index < -0.39 is 0 Å². The van der Waals surface area contributed by atoms with Crippen LogP contribution in [0.5, 0.6) is 0 Å². The van der Waals surface area contributed by atoms with Gasteiger partial charge in [0.25, 0.3) is 0 Å². The highest BCUT2D eigenvalue weighted by molar-refractivity contribution is 5.78. The molecule has 0 bridgehead atoms. The second-order valence-corrected chi connectivity index (χ2v) is 5.56. The highest BCUT2D eigenvalue weighted by atomic mass is 16.2. The van der Waals surface area contributed by atoms with E-state index in [1.165, 1.54) is 25.8 Å². The van der Waals surface area contributed by atoms with E-state index >= 15 is 0 Å². The number of hydrogen-bond donors (Lipinski definition) is 2. The van der Waals surface area contributed by atoms with Crippen molar-refractivity contribution in [3.63, 3.8) is 0 Å². The number of nitrogens with zero attached hydrogens (tertiary/aromatic N) is 2. The third-order valence-electron chi connectivity index (χ3n) is 4.13. The molecule has 2 rings (SSSR count). The Morgan fingerprint density at radius 3 is 3.00 bits per heavy atom. The summed E-state index contributed by atoms with van der Waals surface area (Å²) in [7, 11) is 0. The van der Waals surface area contributed by atoms with E-state index in [9.17, 15) is 4.79 Å². The zero-order chi connectivity index (χ0) is 13.0. The minimum atomic E-state index is 0.108. The summed E-state index contributed by atoms with van der Waals surface area (Å²) in [5.41, 5.74) is 5.39. The number of carbonyl (C=O) groups excluding carboxylic acids is 1. The Bertz CT molecular complexity index is 284. The molecule has 2 atom stereocenters. The van der Waals surface area contributed by atoms with Crippen LogP contribution in [-0.4, -0.2) is 67.1 Å². The summed E-state index contributed by atoms with van der Waals surface area (Å²) in [6.07, 6.45) is 3.95. The summed E-state index contributed by atoms with van der Waals surface area (Å²) < 4.78 is 0. The molecule has 0 aliphatic carbocycles. The summed E-state index contributed by atoms with van der Waals surface area (Å²) in [6.45, 7) is 7.22. The number of amides is 1. The van der Waals surface area contributed by atoms with Crippen molar-refractivity contribution in [3.05, 3.63) is 0 Å². The van der Waals surface area contributed by atoms with Crippen molar-refractivity contribution in [1.29, 1.82) is 0 Å². The average molecular weight is 254 g/mol. The fourth-order valence-electron chi connectivity index (χ4n) is 3.08. The maximum atomic E-state index is 11.8. The zero-order valence-corrected chi connectivity index (χ0v) is 11.4. The maximum Gasteiger partial charge on any atom is 0.234 e. The van der Waals surface area contributed by atoms with Crippen molar-refractivity contribution in [1.82, 2.24) is 15.1 Å². The smallest absolute Gasteiger partial charge is 0.234 e. The molecule has 2 aliphatic heterocycles. The molecule has 1 amide bonds. The Morgan fingerprint density at radius 1 is 1.39 bits per heavy atom. The monoisotopic (exact) mass is 254 g/mol. The molecular weight excluding hydrogens is 228 g/mol. The van der Waals surface area contributed by atoms with Crippen LogP contribution in [0.4, 0.5) is 0 Å². The lowest BCUT2D eigenvalue weighted by atomic mass is 9.97. The Morgan fingerprint density at radius 2 is 2.22 bits per heavy atom. The molecule has 5 heteroatoms. The van der Waals surface area contributed by atoms with Crippen molar-refractivity contribution >= 4 is 5.91 Å². The van der Waals surface area contributed by atoms with Crippen LogP contribution < -0.4 is 11.1 Å². The summed E-state index contributed by atoms with van der Waals surface area (Å²) in [4.78, 5) is 16.7. The molecule has 104 valence electrons. The van der Waals surface area contributed by atoms with Crippen LogP contribution in [0.3, 0.4) is 0 Å². The van der Waals surface area contributed by atoms with Gasteiger partial charge < -0.3 is 11.1 Å². The van der Waals surface area contributed by atoms with Gasteiger partial charge in [-0.3, -0.25) is 14.6 Å². The summed E-state index contributed by atoms with van der Waals surface area (Å²) in [6, 6.07) is 1.14. The molecule has 2 saturated heterocycles. The topological polar surface area (TPSA) is 61.6 Å². The summed E-state index contributed by atoms with van der Waals surface area (Å²) in [5, 5.41) is 2.85. The second kappa shape index (κ2) is 6.50. The number of carbonyl (C=O) groups is 1. The van der Waals surface area contributed by atoms with Crippen LogP contribution in [0.15, 0.2) is 0 Å². The number of nitrogens with one attached hydrogen (secondary N) is 1. The molecular formula is C13H26N4O. The van der Waals surface area contributed by atoms with Crippen molar-refractivity contribution in [2.45, 2.75) is 38.3 Å². The normalized spacial score (nSPS) is 29.9. The highest BCUT2D eigenvalue weighted by Crippen LogP contribution is 2.23. The largest absolute Gasteiger partial charge is 0.354 e. The van der Waals surface area contributed by atoms with Crippen molar-refractivity contribution in [3.8, 4) is 0 Å². The predicted octanol–water partition coefficient (Wildman–Crippen LogP) is -0.380. The first-order chi connectivity index (χ1) is 8.70. The van der Waals surface area contributed by atoms with Crippen LogP contribution in [0, 0.1) is 0 Å². The number of fused-ring (bicyclic) bond motifs is 1. The van der Waals surface area contributed by atoms with Gasteiger partial charge in [-0.15, -0.1) is 0 Å². The molecule has 2 aliphatic rings. The molecule has 2 fully saturated rings.